The van der Waals surface area contributed by atoms with Crippen LogP contribution in [0.1, 0.15) is 42.8 Å². The highest BCUT2D eigenvalue weighted by molar-refractivity contribution is 5.79. The lowest BCUT2D eigenvalue weighted by Crippen LogP contribution is -2.38. The van der Waals surface area contributed by atoms with Gasteiger partial charge in [-0.1, -0.05) is 25.1 Å². The second kappa shape index (κ2) is 8.65. The van der Waals surface area contributed by atoms with Crippen LogP contribution in [-0.2, 0) is 32.4 Å². The van der Waals surface area contributed by atoms with Crippen LogP contribution >= 0.6 is 0 Å². The van der Waals surface area contributed by atoms with Crippen LogP contribution in [0.5, 0.6) is 0 Å². The van der Waals surface area contributed by atoms with Gasteiger partial charge in [-0.2, -0.15) is 0 Å². The smallest absolute Gasteiger partial charge is 0.191 e. The lowest BCUT2D eigenvalue weighted by atomic mass is 10.1. The molecule has 0 atom stereocenters. The monoisotopic (exact) mass is 340 g/mol. The summed E-state index contributed by atoms with van der Waals surface area (Å²) in [7, 11) is 0. The molecule has 6 nitrogen and oxygen atoms in total. The van der Waals surface area contributed by atoms with Gasteiger partial charge in [-0.05, 0) is 42.9 Å². The van der Waals surface area contributed by atoms with Crippen LogP contribution in [0, 0.1) is 0 Å². The molecule has 6 heteroatoms. The molecule has 0 saturated heterocycles. The van der Waals surface area contributed by atoms with Gasteiger partial charge in [0.05, 0.1) is 6.54 Å². The molecule has 1 aliphatic carbocycles. The van der Waals surface area contributed by atoms with Crippen LogP contribution in [0.25, 0.3) is 0 Å². The van der Waals surface area contributed by atoms with Gasteiger partial charge in [0.15, 0.2) is 5.96 Å². The number of aliphatic imine (C=N–C) groups is 1. The molecule has 1 heterocycles. The van der Waals surface area contributed by atoms with Gasteiger partial charge in [-0.3, -0.25) is 0 Å². The molecule has 0 fully saturated rings. The van der Waals surface area contributed by atoms with Crippen LogP contribution in [0.15, 0.2) is 29.5 Å². The summed E-state index contributed by atoms with van der Waals surface area (Å²) in [5.41, 5.74) is 4.30. The second-order valence-corrected chi connectivity index (χ2v) is 6.37. The minimum Gasteiger partial charge on any atom is -0.357 e. The third kappa shape index (κ3) is 4.59. The number of hydrogen-bond acceptors (Lipinski definition) is 3. The molecule has 0 bridgehead atoms. The lowest BCUT2D eigenvalue weighted by Gasteiger charge is -2.12. The van der Waals surface area contributed by atoms with Crippen molar-refractivity contribution in [2.45, 2.75) is 52.6 Å². The molecule has 0 saturated carbocycles. The van der Waals surface area contributed by atoms with Crippen LogP contribution in [-0.4, -0.2) is 33.8 Å². The normalized spacial score (nSPS) is 13.8. The van der Waals surface area contributed by atoms with Gasteiger partial charge in [0, 0.05) is 26.1 Å². The van der Waals surface area contributed by atoms with Crippen LogP contribution in [0.3, 0.4) is 0 Å². The van der Waals surface area contributed by atoms with Crippen molar-refractivity contribution in [2.75, 3.05) is 13.1 Å². The molecule has 2 aromatic rings. The van der Waals surface area contributed by atoms with Crippen molar-refractivity contribution in [3.63, 3.8) is 0 Å². The Bertz CT molecular complexity index is 718. The molecule has 0 unspecified atom stereocenters. The molecule has 134 valence electrons. The van der Waals surface area contributed by atoms with E-state index in [1.165, 1.54) is 36.0 Å². The van der Waals surface area contributed by atoms with Gasteiger partial charge >= 0.3 is 0 Å². The van der Waals surface area contributed by atoms with E-state index in [1.54, 1.807) is 6.33 Å². The van der Waals surface area contributed by atoms with Gasteiger partial charge in [0.25, 0.3) is 0 Å². The predicted molar refractivity (Wildman–Crippen MR) is 101 cm³/mol. The van der Waals surface area contributed by atoms with E-state index in [4.69, 9.17) is 4.99 Å². The van der Waals surface area contributed by atoms with E-state index in [0.29, 0.717) is 6.54 Å². The summed E-state index contributed by atoms with van der Waals surface area (Å²) in [5, 5.41) is 14.8. The molecule has 2 N–H and O–H groups in total. The minimum absolute atomic E-state index is 0.704. The Morgan fingerprint density at radius 3 is 2.92 bits per heavy atom. The van der Waals surface area contributed by atoms with Crippen LogP contribution in [0.2, 0.25) is 0 Å². The Hall–Kier alpha value is -2.37. The number of hydrogen-bond donors (Lipinski definition) is 2. The molecular weight excluding hydrogens is 312 g/mol. The fourth-order valence-corrected chi connectivity index (χ4v) is 3.27. The number of rotatable bonds is 7. The van der Waals surface area contributed by atoms with E-state index in [2.05, 4.69) is 57.4 Å². The number of aromatic nitrogens is 3. The largest absolute Gasteiger partial charge is 0.357 e. The van der Waals surface area contributed by atoms with Crippen molar-refractivity contribution in [2.24, 2.45) is 4.99 Å². The standard InChI is InChI=1S/C19H28N6/c1-3-18-24-23-14-25(18)11-10-21-19(20-4-2)22-13-15-8-9-16-6-5-7-17(16)12-15/h8-9,12,14H,3-7,10-11,13H2,1-2H3,(H2,20,21,22). The van der Waals surface area contributed by atoms with E-state index in [-0.39, 0.29) is 0 Å². The first-order valence-corrected chi connectivity index (χ1v) is 9.29. The quantitative estimate of drug-likeness (QED) is 0.598. The average Bonchev–Trinajstić information content (AvgIpc) is 3.27. The molecule has 1 aliphatic rings. The zero-order valence-electron chi connectivity index (χ0n) is 15.3. The zero-order chi connectivity index (χ0) is 17.5. The van der Waals surface area contributed by atoms with Gasteiger partial charge < -0.3 is 15.2 Å². The molecule has 1 aromatic heterocycles. The molecule has 0 amide bonds. The van der Waals surface area contributed by atoms with E-state index < -0.39 is 0 Å². The van der Waals surface area contributed by atoms with Gasteiger partial charge in [-0.15, -0.1) is 10.2 Å². The summed E-state index contributed by atoms with van der Waals surface area (Å²) < 4.78 is 2.08. The lowest BCUT2D eigenvalue weighted by molar-refractivity contribution is 0.632. The summed E-state index contributed by atoms with van der Waals surface area (Å²) in [4.78, 5) is 4.72. The zero-order valence-corrected chi connectivity index (χ0v) is 15.3. The Kier molecular flexibility index (Phi) is 6.04. The molecule has 0 spiro atoms. The third-order valence-corrected chi connectivity index (χ3v) is 4.58. The van der Waals surface area contributed by atoms with Gasteiger partial charge in [-0.25, -0.2) is 4.99 Å². The first-order chi connectivity index (χ1) is 12.3. The van der Waals surface area contributed by atoms with Gasteiger partial charge in [0.1, 0.15) is 12.2 Å². The van der Waals surface area contributed by atoms with Crippen molar-refractivity contribution >= 4 is 5.96 Å². The van der Waals surface area contributed by atoms with Crippen LogP contribution < -0.4 is 10.6 Å². The maximum Gasteiger partial charge on any atom is 0.191 e. The first-order valence-electron chi connectivity index (χ1n) is 9.29. The summed E-state index contributed by atoms with van der Waals surface area (Å²) in [5.74, 6) is 1.87. The maximum atomic E-state index is 4.72. The third-order valence-electron chi connectivity index (χ3n) is 4.58. The molecule has 3 rings (SSSR count). The highest BCUT2D eigenvalue weighted by Gasteiger charge is 2.10. The van der Waals surface area contributed by atoms with E-state index >= 15 is 0 Å². The SMILES string of the molecule is CCNC(=NCc1ccc2c(c1)CCC2)NCCn1cnnc1CC. The number of benzene rings is 1. The second-order valence-electron chi connectivity index (χ2n) is 6.37. The molecule has 25 heavy (non-hydrogen) atoms. The van der Waals surface area contributed by atoms with Crippen molar-refractivity contribution in [3.8, 4) is 0 Å². The summed E-state index contributed by atoms with van der Waals surface area (Å²) >= 11 is 0. The fraction of sp³-hybridized carbons (Fsp3) is 0.526. The summed E-state index contributed by atoms with van der Waals surface area (Å²) in [6.45, 7) is 7.36. The van der Waals surface area contributed by atoms with Gasteiger partial charge in [0.2, 0.25) is 0 Å². The Morgan fingerprint density at radius 1 is 1.20 bits per heavy atom. The van der Waals surface area contributed by atoms with Crippen molar-refractivity contribution in [1.29, 1.82) is 0 Å². The fourth-order valence-electron chi connectivity index (χ4n) is 3.27. The Balaban J connectivity index is 1.55. The highest BCUT2D eigenvalue weighted by Crippen LogP contribution is 2.23. The molecule has 0 aliphatic heterocycles. The molecule has 1 aromatic carbocycles. The average molecular weight is 340 g/mol. The first kappa shape index (κ1) is 17.5. The number of aryl methyl sites for hydroxylation is 3. The summed E-state index contributed by atoms with van der Waals surface area (Å²) in [6.07, 6.45) is 6.41. The van der Waals surface area contributed by atoms with E-state index in [9.17, 15) is 0 Å². The van der Waals surface area contributed by atoms with Crippen molar-refractivity contribution < 1.29 is 0 Å². The maximum absolute atomic E-state index is 4.72. The number of nitrogens with zero attached hydrogens (tertiary/aromatic N) is 4. The topological polar surface area (TPSA) is 67.1 Å². The van der Waals surface area contributed by atoms with Crippen molar-refractivity contribution in [3.05, 3.63) is 47.0 Å². The Morgan fingerprint density at radius 2 is 2.08 bits per heavy atom. The van der Waals surface area contributed by atoms with E-state index in [1.807, 2.05) is 0 Å². The van der Waals surface area contributed by atoms with Crippen molar-refractivity contribution in [1.82, 2.24) is 25.4 Å². The number of fused-ring (bicyclic) bond motifs is 1. The van der Waals surface area contributed by atoms with E-state index in [0.717, 1.165) is 37.8 Å². The Labute approximate surface area is 149 Å². The molecular formula is C19H28N6. The molecule has 0 radical (unpaired) electrons. The number of guanidine groups is 1. The summed E-state index contributed by atoms with van der Waals surface area (Å²) in [6, 6.07) is 6.80. The van der Waals surface area contributed by atoms with Crippen LogP contribution in [0.4, 0.5) is 0 Å². The highest BCUT2D eigenvalue weighted by atomic mass is 15.3. The minimum atomic E-state index is 0.704. The predicted octanol–water partition coefficient (Wildman–Crippen LogP) is 2.08. The number of nitrogens with one attached hydrogen (secondary N) is 2.